The molecule has 3 heterocycles. The Hall–Kier alpha value is -3.03. The highest BCUT2D eigenvalue weighted by Crippen LogP contribution is 2.31. The second kappa shape index (κ2) is 7.66. The monoisotopic (exact) mass is 406 g/mol. The summed E-state index contributed by atoms with van der Waals surface area (Å²) in [4.78, 5) is 34.9. The summed E-state index contributed by atoms with van der Waals surface area (Å²) >= 11 is 0. The van der Waals surface area contributed by atoms with Crippen LogP contribution in [0.2, 0.25) is 0 Å². The first-order chi connectivity index (χ1) is 14.6. The molecule has 0 radical (unpaired) electrons. The predicted octanol–water partition coefficient (Wildman–Crippen LogP) is 2.38. The van der Waals surface area contributed by atoms with Gasteiger partial charge < -0.3 is 9.88 Å². The van der Waals surface area contributed by atoms with E-state index in [4.69, 9.17) is 4.98 Å². The average molecular weight is 406 g/mol. The molecule has 1 saturated heterocycles. The standard InChI is InChI=1S/C22H26N6O2/c1-14-7-9-15(10-8-14)12-28-20-18(25-26-28)21(29)24-19(23-20)17-6-3-11-27(13-17)22(30)16-4-2-5-16/h7-10,16-17H,2-6,11-13H2,1H3,(H,23,24,29)/t17-/m1/s1. The lowest BCUT2D eigenvalue weighted by Crippen LogP contribution is -2.44. The zero-order valence-corrected chi connectivity index (χ0v) is 17.2. The Labute approximate surface area is 174 Å². The van der Waals surface area contributed by atoms with Crippen LogP contribution in [0.3, 0.4) is 0 Å². The van der Waals surface area contributed by atoms with Crippen LogP contribution in [-0.4, -0.2) is 48.9 Å². The van der Waals surface area contributed by atoms with Crippen LogP contribution in [0.1, 0.15) is 55.0 Å². The van der Waals surface area contributed by atoms with Gasteiger partial charge in [0.05, 0.1) is 6.54 Å². The SMILES string of the molecule is Cc1ccc(Cn2nnc3c(=O)[nH]c([C@@H]4CCCN(C(=O)C5CCC5)C4)nc32)cc1. The third-order valence-corrected chi connectivity index (χ3v) is 6.42. The van der Waals surface area contributed by atoms with Crippen molar-refractivity contribution in [2.75, 3.05) is 13.1 Å². The Morgan fingerprint density at radius 3 is 2.70 bits per heavy atom. The van der Waals surface area contributed by atoms with Gasteiger partial charge in [0, 0.05) is 24.9 Å². The Morgan fingerprint density at radius 2 is 1.97 bits per heavy atom. The van der Waals surface area contributed by atoms with Crippen molar-refractivity contribution in [3.8, 4) is 0 Å². The van der Waals surface area contributed by atoms with Gasteiger partial charge >= 0.3 is 0 Å². The Morgan fingerprint density at radius 1 is 1.17 bits per heavy atom. The zero-order valence-electron chi connectivity index (χ0n) is 17.2. The van der Waals surface area contributed by atoms with Gasteiger partial charge in [-0.05, 0) is 38.2 Å². The number of carbonyl (C=O) groups excluding carboxylic acids is 1. The Kier molecular flexibility index (Phi) is 4.84. The lowest BCUT2D eigenvalue weighted by molar-refractivity contribution is -0.139. The van der Waals surface area contributed by atoms with E-state index in [-0.39, 0.29) is 28.8 Å². The lowest BCUT2D eigenvalue weighted by Gasteiger charge is -2.36. The number of likely N-dealkylation sites (tertiary alicyclic amines) is 1. The van der Waals surface area contributed by atoms with E-state index in [1.807, 2.05) is 24.0 Å². The quantitative estimate of drug-likeness (QED) is 0.718. The van der Waals surface area contributed by atoms with Crippen molar-refractivity contribution < 1.29 is 4.79 Å². The summed E-state index contributed by atoms with van der Waals surface area (Å²) < 4.78 is 1.68. The van der Waals surface area contributed by atoms with Crippen LogP contribution in [0, 0.1) is 12.8 Å². The molecule has 1 atom stereocenters. The van der Waals surface area contributed by atoms with Crippen molar-refractivity contribution in [3.05, 3.63) is 51.6 Å². The fourth-order valence-corrected chi connectivity index (χ4v) is 4.36. The van der Waals surface area contributed by atoms with Gasteiger partial charge in [0.2, 0.25) is 5.91 Å². The fourth-order valence-electron chi connectivity index (χ4n) is 4.36. The first-order valence-electron chi connectivity index (χ1n) is 10.8. The number of aryl methyl sites for hydroxylation is 1. The van der Waals surface area contributed by atoms with E-state index in [1.54, 1.807) is 4.68 Å². The van der Waals surface area contributed by atoms with E-state index in [9.17, 15) is 9.59 Å². The summed E-state index contributed by atoms with van der Waals surface area (Å²) in [7, 11) is 0. The minimum Gasteiger partial charge on any atom is -0.342 e. The molecule has 2 aromatic heterocycles. The molecule has 0 unspecified atom stereocenters. The van der Waals surface area contributed by atoms with Gasteiger partial charge in [-0.25, -0.2) is 9.67 Å². The molecule has 8 heteroatoms. The van der Waals surface area contributed by atoms with Crippen LogP contribution in [-0.2, 0) is 11.3 Å². The predicted molar refractivity (Wildman–Crippen MR) is 112 cm³/mol. The number of hydrogen-bond acceptors (Lipinski definition) is 5. The molecule has 1 aliphatic carbocycles. The highest BCUT2D eigenvalue weighted by atomic mass is 16.2. The summed E-state index contributed by atoms with van der Waals surface area (Å²) in [5.41, 5.74) is 2.75. The largest absolute Gasteiger partial charge is 0.342 e. The molecule has 2 fully saturated rings. The van der Waals surface area contributed by atoms with Crippen molar-refractivity contribution in [3.63, 3.8) is 0 Å². The number of H-pyrrole nitrogens is 1. The maximum atomic E-state index is 12.7. The van der Waals surface area contributed by atoms with Crippen LogP contribution in [0.5, 0.6) is 0 Å². The molecule has 0 bridgehead atoms. The minimum atomic E-state index is -0.271. The van der Waals surface area contributed by atoms with E-state index < -0.39 is 0 Å². The van der Waals surface area contributed by atoms with Crippen LogP contribution in [0.4, 0.5) is 0 Å². The number of amides is 1. The number of rotatable bonds is 4. The van der Waals surface area contributed by atoms with Crippen LogP contribution in [0.15, 0.2) is 29.1 Å². The molecular formula is C22H26N6O2. The van der Waals surface area contributed by atoms with Gasteiger partial charge in [-0.1, -0.05) is 41.5 Å². The molecule has 1 aliphatic heterocycles. The second-order valence-electron chi connectivity index (χ2n) is 8.61. The molecule has 30 heavy (non-hydrogen) atoms. The molecule has 0 spiro atoms. The highest BCUT2D eigenvalue weighted by Gasteiger charge is 2.33. The Balaban J connectivity index is 1.42. The summed E-state index contributed by atoms with van der Waals surface area (Å²) in [6.07, 6.45) is 4.99. The average Bonchev–Trinajstić information content (AvgIpc) is 3.12. The van der Waals surface area contributed by atoms with Crippen LogP contribution < -0.4 is 5.56 Å². The minimum absolute atomic E-state index is 0.0302. The number of fused-ring (bicyclic) bond motifs is 1. The maximum Gasteiger partial charge on any atom is 0.281 e. The molecule has 5 rings (SSSR count). The van der Waals surface area contributed by atoms with E-state index in [2.05, 4.69) is 27.4 Å². The molecule has 3 aromatic rings. The smallest absolute Gasteiger partial charge is 0.281 e. The first-order valence-corrected chi connectivity index (χ1v) is 10.8. The summed E-state index contributed by atoms with van der Waals surface area (Å²) in [5, 5.41) is 8.21. The summed E-state index contributed by atoms with van der Waals surface area (Å²) in [6, 6.07) is 8.19. The molecule has 156 valence electrons. The van der Waals surface area contributed by atoms with Gasteiger partial charge in [0.1, 0.15) is 5.82 Å². The van der Waals surface area contributed by atoms with E-state index in [0.717, 1.165) is 44.2 Å². The lowest BCUT2D eigenvalue weighted by atomic mass is 9.83. The summed E-state index contributed by atoms with van der Waals surface area (Å²) in [6.45, 7) is 3.96. The number of piperidine rings is 1. The van der Waals surface area contributed by atoms with Crippen molar-refractivity contribution in [1.82, 2.24) is 29.9 Å². The zero-order chi connectivity index (χ0) is 20.7. The van der Waals surface area contributed by atoms with Gasteiger partial charge in [-0.3, -0.25) is 9.59 Å². The van der Waals surface area contributed by atoms with E-state index in [0.29, 0.717) is 24.6 Å². The topological polar surface area (TPSA) is 96.8 Å². The number of hydrogen-bond donors (Lipinski definition) is 1. The maximum absolute atomic E-state index is 12.7. The molecule has 1 aromatic carbocycles. The number of aromatic nitrogens is 5. The molecular weight excluding hydrogens is 380 g/mol. The number of nitrogens with zero attached hydrogens (tertiary/aromatic N) is 5. The van der Waals surface area contributed by atoms with Crippen molar-refractivity contribution in [1.29, 1.82) is 0 Å². The van der Waals surface area contributed by atoms with Gasteiger partial charge in [0.25, 0.3) is 5.56 Å². The van der Waals surface area contributed by atoms with E-state index >= 15 is 0 Å². The first kappa shape index (κ1) is 19.0. The van der Waals surface area contributed by atoms with Crippen LogP contribution in [0.25, 0.3) is 11.2 Å². The molecule has 1 saturated carbocycles. The second-order valence-corrected chi connectivity index (χ2v) is 8.61. The summed E-state index contributed by atoms with van der Waals surface area (Å²) in [5.74, 6) is 1.12. The van der Waals surface area contributed by atoms with E-state index in [1.165, 1.54) is 5.56 Å². The van der Waals surface area contributed by atoms with Gasteiger partial charge in [0.15, 0.2) is 11.2 Å². The number of aromatic amines is 1. The van der Waals surface area contributed by atoms with Gasteiger partial charge in [-0.2, -0.15) is 0 Å². The fraction of sp³-hybridized carbons (Fsp3) is 0.500. The van der Waals surface area contributed by atoms with Crippen molar-refractivity contribution in [2.24, 2.45) is 5.92 Å². The van der Waals surface area contributed by atoms with Crippen LogP contribution >= 0.6 is 0 Å². The van der Waals surface area contributed by atoms with Crippen molar-refractivity contribution >= 4 is 17.1 Å². The normalized spacial score (nSPS) is 19.8. The third-order valence-electron chi connectivity index (χ3n) is 6.42. The number of carbonyl (C=O) groups is 1. The molecule has 2 aliphatic rings. The Bertz CT molecular complexity index is 1130. The molecule has 1 amide bonds. The number of benzene rings is 1. The number of nitrogens with one attached hydrogen (secondary N) is 1. The highest BCUT2D eigenvalue weighted by molar-refractivity contribution is 5.79. The molecule has 1 N–H and O–H groups in total. The third kappa shape index (κ3) is 3.51. The van der Waals surface area contributed by atoms with Crippen molar-refractivity contribution in [2.45, 2.75) is 51.5 Å². The molecule has 8 nitrogen and oxygen atoms in total. The van der Waals surface area contributed by atoms with Gasteiger partial charge in [-0.15, -0.1) is 5.10 Å².